The fourth-order valence-electron chi connectivity index (χ4n) is 1.75. The molecule has 1 aromatic heterocycles. The van der Waals surface area contributed by atoms with Crippen molar-refractivity contribution in [3.63, 3.8) is 0 Å². The Morgan fingerprint density at radius 3 is 2.80 bits per heavy atom. The summed E-state index contributed by atoms with van der Waals surface area (Å²) >= 11 is 5.96. The van der Waals surface area contributed by atoms with Crippen LogP contribution in [0.3, 0.4) is 0 Å². The molecule has 2 aromatic rings. The average molecular weight is 290 g/mol. The zero-order valence-electron chi connectivity index (χ0n) is 10.8. The molecule has 0 bridgehead atoms. The Hall–Kier alpha value is -2.20. The molecule has 20 heavy (non-hydrogen) atoms. The summed E-state index contributed by atoms with van der Waals surface area (Å²) in [5.41, 5.74) is 1.13. The maximum Gasteiger partial charge on any atom is 0.308 e. The maximum absolute atomic E-state index is 12.1. The number of halogens is 1. The van der Waals surface area contributed by atoms with Gasteiger partial charge in [-0.25, -0.2) is 0 Å². The van der Waals surface area contributed by atoms with Gasteiger partial charge in [0.2, 0.25) is 0 Å². The lowest BCUT2D eigenvalue weighted by Gasteiger charge is -2.05. The third-order valence-electron chi connectivity index (χ3n) is 2.59. The van der Waals surface area contributed by atoms with E-state index < -0.39 is 5.97 Å². The van der Waals surface area contributed by atoms with Crippen LogP contribution < -0.4 is 4.74 Å². The average Bonchev–Trinajstić information content (AvgIpc) is 2.38. The number of hydrogen-bond donors (Lipinski definition) is 0. The molecule has 0 N–H and O–H groups in total. The number of ether oxygens (including phenoxy) is 1. The van der Waals surface area contributed by atoms with Crippen LogP contribution in [0.25, 0.3) is 0 Å². The smallest absolute Gasteiger partial charge is 0.308 e. The summed E-state index contributed by atoms with van der Waals surface area (Å²) in [5, 5.41) is 0.376. The van der Waals surface area contributed by atoms with Crippen molar-refractivity contribution in [2.24, 2.45) is 0 Å². The molecule has 2 rings (SSSR count). The second-order valence-corrected chi connectivity index (χ2v) is 4.60. The minimum absolute atomic E-state index is 0.136. The zero-order valence-corrected chi connectivity index (χ0v) is 11.6. The van der Waals surface area contributed by atoms with Gasteiger partial charge >= 0.3 is 5.97 Å². The highest BCUT2D eigenvalue weighted by molar-refractivity contribution is 6.33. The Kier molecular flexibility index (Phi) is 4.48. The monoisotopic (exact) mass is 289 g/mol. The van der Waals surface area contributed by atoms with Gasteiger partial charge in [0.15, 0.2) is 5.78 Å². The van der Waals surface area contributed by atoms with Crippen LogP contribution in [0.5, 0.6) is 5.75 Å². The summed E-state index contributed by atoms with van der Waals surface area (Å²) in [7, 11) is 0. The van der Waals surface area contributed by atoms with Crippen molar-refractivity contribution in [3.8, 4) is 5.75 Å². The summed E-state index contributed by atoms with van der Waals surface area (Å²) in [6.45, 7) is 1.33. The number of Topliss-reactive ketones (excluding diaryl/α,β-unsaturated/α-hetero) is 1. The van der Waals surface area contributed by atoms with Gasteiger partial charge in [-0.3, -0.25) is 14.6 Å². The number of esters is 1. The highest BCUT2D eigenvalue weighted by Crippen LogP contribution is 2.19. The third kappa shape index (κ3) is 3.65. The van der Waals surface area contributed by atoms with E-state index >= 15 is 0 Å². The van der Waals surface area contributed by atoms with Crippen molar-refractivity contribution in [1.82, 2.24) is 4.98 Å². The Morgan fingerprint density at radius 1 is 1.30 bits per heavy atom. The first-order valence-electron chi connectivity index (χ1n) is 5.96. The first-order chi connectivity index (χ1) is 9.56. The normalized spacial score (nSPS) is 10.1. The maximum atomic E-state index is 12.1. The van der Waals surface area contributed by atoms with Gasteiger partial charge in [-0.05, 0) is 23.8 Å². The van der Waals surface area contributed by atoms with Gasteiger partial charge in [-0.1, -0.05) is 23.7 Å². The predicted octanol–water partition coefficient (Wildman–Crippen LogP) is 3.09. The Morgan fingerprint density at radius 2 is 2.10 bits per heavy atom. The second-order valence-electron chi connectivity index (χ2n) is 4.20. The fourth-order valence-corrected chi connectivity index (χ4v) is 1.96. The lowest BCUT2D eigenvalue weighted by Crippen LogP contribution is -2.06. The molecule has 0 amide bonds. The van der Waals surface area contributed by atoms with Crippen molar-refractivity contribution in [3.05, 3.63) is 58.9 Å². The van der Waals surface area contributed by atoms with Crippen molar-refractivity contribution in [1.29, 1.82) is 0 Å². The van der Waals surface area contributed by atoms with E-state index in [2.05, 4.69) is 4.98 Å². The van der Waals surface area contributed by atoms with Gasteiger partial charge in [0.25, 0.3) is 0 Å². The molecule has 102 valence electrons. The van der Waals surface area contributed by atoms with E-state index in [9.17, 15) is 9.59 Å². The first-order valence-corrected chi connectivity index (χ1v) is 6.34. The number of pyridine rings is 1. The van der Waals surface area contributed by atoms with Crippen LogP contribution in [0.4, 0.5) is 0 Å². The Bertz CT molecular complexity index is 655. The van der Waals surface area contributed by atoms with E-state index in [-0.39, 0.29) is 12.2 Å². The highest BCUT2D eigenvalue weighted by atomic mass is 35.5. The number of hydrogen-bond acceptors (Lipinski definition) is 4. The van der Waals surface area contributed by atoms with E-state index in [1.165, 1.54) is 19.3 Å². The van der Waals surface area contributed by atoms with Crippen LogP contribution in [0, 0.1) is 0 Å². The molecule has 0 aliphatic carbocycles. The summed E-state index contributed by atoms with van der Waals surface area (Å²) in [4.78, 5) is 26.9. The SMILES string of the molecule is CC(=O)Oc1cccc(CC(=O)c2cnccc2Cl)c1. The molecule has 0 radical (unpaired) electrons. The van der Waals surface area contributed by atoms with Gasteiger partial charge in [-0.15, -0.1) is 0 Å². The van der Waals surface area contributed by atoms with E-state index in [1.807, 2.05) is 0 Å². The molecule has 1 heterocycles. The molecule has 0 aliphatic heterocycles. The topological polar surface area (TPSA) is 56.3 Å². The number of carbonyl (C=O) groups is 2. The molecule has 0 saturated carbocycles. The van der Waals surface area contributed by atoms with Crippen LogP contribution in [0.15, 0.2) is 42.7 Å². The second kappa shape index (κ2) is 6.30. The molecule has 4 nitrogen and oxygen atoms in total. The van der Waals surface area contributed by atoms with Crippen molar-refractivity contribution < 1.29 is 14.3 Å². The van der Waals surface area contributed by atoms with Crippen LogP contribution in [0.1, 0.15) is 22.8 Å². The molecule has 0 unspecified atom stereocenters. The largest absolute Gasteiger partial charge is 0.427 e. The predicted molar refractivity (Wildman–Crippen MR) is 75.0 cm³/mol. The minimum atomic E-state index is -0.399. The number of aromatic nitrogens is 1. The number of ketones is 1. The number of carbonyl (C=O) groups excluding carboxylic acids is 2. The van der Waals surface area contributed by atoms with Gasteiger partial charge in [0.1, 0.15) is 5.75 Å². The molecule has 0 fully saturated rings. The first kappa shape index (κ1) is 14.2. The molecule has 0 aliphatic rings. The summed E-state index contributed by atoms with van der Waals surface area (Å²) in [6.07, 6.45) is 3.14. The molecule has 1 aromatic carbocycles. The van der Waals surface area contributed by atoms with Crippen LogP contribution in [0.2, 0.25) is 5.02 Å². The fraction of sp³-hybridized carbons (Fsp3) is 0.133. The van der Waals surface area contributed by atoms with Gasteiger partial charge in [-0.2, -0.15) is 0 Å². The minimum Gasteiger partial charge on any atom is -0.427 e. The van der Waals surface area contributed by atoms with Crippen LogP contribution in [-0.2, 0) is 11.2 Å². The molecular formula is C15H12ClNO3. The molecular weight excluding hydrogens is 278 g/mol. The standard InChI is InChI=1S/C15H12ClNO3/c1-10(18)20-12-4-2-3-11(7-12)8-15(19)13-9-17-6-5-14(13)16/h2-7,9H,8H2,1H3. The van der Waals surface area contributed by atoms with Gasteiger partial charge in [0, 0.05) is 25.7 Å². The lowest BCUT2D eigenvalue weighted by molar-refractivity contribution is -0.131. The molecule has 0 saturated heterocycles. The van der Waals surface area contributed by atoms with E-state index in [4.69, 9.17) is 16.3 Å². The van der Waals surface area contributed by atoms with Gasteiger partial charge in [0.05, 0.1) is 10.6 Å². The summed E-state index contributed by atoms with van der Waals surface area (Å²) in [5.74, 6) is -0.119. The summed E-state index contributed by atoms with van der Waals surface area (Å²) < 4.78 is 4.98. The quantitative estimate of drug-likeness (QED) is 0.493. The number of nitrogens with zero attached hydrogens (tertiary/aromatic N) is 1. The van der Waals surface area contributed by atoms with E-state index in [0.717, 1.165) is 5.56 Å². The van der Waals surface area contributed by atoms with Gasteiger partial charge < -0.3 is 4.74 Å². The summed E-state index contributed by atoms with van der Waals surface area (Å²) in [6, 6.07) is 8.40. The zero-order chi connectivity index (χ0) is 14.5. The third-order valence-corrected chi connectivity index (χ3v) is 2.92. The Balaban J connectivity index is 2.16. The number of benzene rings is 1. The van der Waals surface area contributed by atoms with E-state index in [0.29, 0.717) is 16.3 Å². The van der Waals surface area contributed by atoms with Crippen molar-refractivity contribution in [2.45, 2.75) is 13.3 Å². The lowest BCUT2D eigenvalue weighted by atomic mass is 10.0. The Labute approximate surface area is 121 Å². The molecule has 5 heteroatoms. The van der Waals surface area contributed by atoms with E-state index in [1.54, 1.807) is 30.3 Å². The molecule has 0 spiro atoms. The van der Waals surface area contributed by atoms with Crippen molar-refractivity contribution in [2.75, 3.05) is 0 Å². The molecule has 0 atom stereocenters. The van der Waals surface area contributed by atoms with Crippen LogP contribution in [-0.4, -0.2) is 16.7 Å². The van der Waals surface area contributed by atoms with Crippen molar-refractivity contribution >= 4 is 23.4 Å². The number of rotatable bonds is 4. The van der Waals surface area contributed by atoms with Crippen LogP contribution >= 0.6 is 11.6 Å². The highest BCUT2D eigenvalue weighted by Gasteiger charge is 2.11.